The third kappa shape index (κ3) is 5.17. The minimum absolute atomic E-state index is 0.0363. The summed E-state index contributed by atoms with van der Waals surface area (Å²) < 4.78 is 47.7. The highest BCUT2D eigenvalue weighted by Gasteiger charge is 2.45. The number of rotatable bonds is 7. The molecule has 2 aliphatic rings. The smallest absolute Gasteiger partial charge is 0.219 e. The Morgan fingerprint density at radius 3 is 2.58 bits per heavy atom. The van der Waals surface area contributed by atoms with Crippen LogP contribution < -0.4 is 9.64 Å². The van der Waals surface area contributed by atoms with Gasteiger partial charge in [0.15, 0.2) is 6.29 Å². The van der Waals surface area contributed by atoms with E-state index in [1.807, 2.05) is 29.2 Å². The molecule has 0 N–H and O–H groups in total. The van der Waals surface area contributed by atoms with E-state index in [1.54, 1.807) is 6.92 Å². The number of hydrogen-bond acceptors (Lipinski definition) is 7. The van der Waals surface area contributed by atoms with Crippen LogP contribution in [0.25, 0.3) is 0 Å². The summed E-state index contributed by atoms with van der Waals surface area (Å²) in [5, 5.41) is 4.09. The van der Waals surface area contributed by atoms with Crippen molar-refractivity contribution in [2.24, 2.45) is 0 Å². The molecule has 0 bridgehead atoms. The molecule has 0 saturated carbocycles. The van der Waals surface area contributed by atoms with Crippen molar-refractivity contribution < 1.29 is 27.8 Å². The summed E-state index contributed by atoms with van der Waals surface area (Å²) in [4.78, 5) is 19.5. The molecular weight excluding hydrogens is 472 g/mol. The van der Waals surface area contributed by atoms with Crippen LogP contribution in [0.1, 0.15) is 12.5 Å². The fourth-order valence-electron chi connectivity index (χ4n) is 4.57. The van der Waals surface area contributed by atoms with Crippen LogP contribution in [0, 0.1) is 11.6 Å². The number of benzene rings is 2. The summed E-state index contributed by atoms with van der Waals surface area (Å²) in [5.41, 5.74) is 0.0134. The third-order valence-electron chi connectivity index (χ3n) is 6.48. The molecule has 2 unspecified atom stereocenters. The van der Waals surface area contributed by atoms with Crippen LogP contribution in [0.4, 0.5) is 14.5 Å². The van der Waals surface area contributed by atoms with Crippen molar-refractivity contribution in [3.05, 3.63) is 72.3 Å². The quantitative estimate of drug-likeness (QED) is 0.494. The Kier molecular flexibility index (Phi) is 6.84. The van der Waals surface area contributed by atoms with Crippen LogP contribution in [-0.4, -0.2) is 71.3 Å². The van der Waals surface area contributed by atoms with Crippen molar-refractivity contribution in [3.63, 3.8) is 0 Å². The van der Waals surface area contributed by atoms with Crippen molar-refractivity contribution >= 4 is 11.6 Å². The summed E-state index contributed by atoms with van der Waals surface area (Å²) in [7, 11) is 0. The molecule has 0 radical (unpaired) electrons. The van der Waals surface area contributed by atoms with Gasteiger partial charge in [-0.15, -0.1) is 0 Å². The van der Waals surface area contributed by atoms with Gasteiger partial charge in [0.05, 0.1) is 13.2 Å². The number of halogens is 2. The maximum atomic E-state index is 14.7. The first-order valence-electron chi connectivity index (χ1n) is 11.7. The predicted molar refractivity (Wildman–Crippen MR) is 125 cm³/mol. The highest BCUT2D eigenvalue weighted by atomic mass is 19.1. The number of carbonyl (C=O) groups excluding carboxylic acids is 1. The highest BCUT2D eigenvalue weighted by molar-refractivity contribution is 5.73. The SMILES string of the molecule is CC(=O)N1CCN(c2ccc(OCC3OCC(Cn4cncn4)(c4ccc(F)cc4F)O3)cc2)CC1. The molecule has 36 heavy (non-hydrogen) atoms. The van der Waals surface area contributed by atoms with E-state index in [-0.39, 0.29) is 31.2 Å². The third-order valence-corrected chi connectivity index (χ3v) is 6.48. The molecule has 0 spiro atoms. The molecule has 3 aromatic rings. The highest BCUT2D eigenvalue weighted by Crippen LogP contribution is 2.37. The lowest BCUT2D eigenvalue weighted by atomic mass is 9.94. The maximum Gasteiger partial charge on any atom is 0.219 e. The molecule has 2 saturated heterocycles. The van der Waals surface area contributed by atoms with E-state index in [0.29, 0.717) is 18.8 Å². The van der Waals surface area contributed by atoms with Crippen LogP contribution in [0.2, 0.25) is 0 Å². The number of nitrogens with zero attached hydrogens (tertiary/aromatic N) is 5. The number of carbonyl (C=O) groups is 1. The summed E-state index contributed by atoms with van der Waals surface area (Å²) in [6.07, 6.45) is 2.10. The molecule has 190 valence electrons. The van der Waals surface area contributed by atoms with Gasteiger partial charge in [-0.05, 0) is 30.3 Å². The number of ether oxygens (including phenoxy) is 3. The fraction of sp³-hybridized carbons (Fsp3) is 0.400. The van der Waals surface area contributed by atoms with Crippen molar-refractivity contribution in [1.82, 2.24) is 19.7 Å². The lowest BCUT2D eigenvalue weighted by molar-refractivity contribution is -0.129. The zero-order valence-corrected chi connectivity index (χ0v) is 19.8. The molecule has 3 heterocycles. The van der Waals surface area contributed by atoms with E-state index in [2.05, 4.69) is 15.0 Å². The normalized spacial score (nSPS) is 22.1. The largest absolute Gasteiger partial charge is 0.488 e. The van der Waals surface area contributed by atoms with Crippen LogP contribution in [0.5, 0.6) is 5.75 Å². The molecule has 2 aliphatic heterocycles. The lowest BCUT2D eigenvalue weighted by Crippen LogP contribution is -2.48. The van der Waals surface area contributed by atoms with Gasteiger partial charge in [-0.1, -0.05) is 6.07 Å². The van der Waals surface area contributed by atoms with E-state index >= 15 is 0 Å². The van der Waals surface area contributed by atoms with Gasteiger partial charge in [-0.25, -0.2) is 18.4 Å². The molecule has 5 rings (SSSR count). The summed E-state index contributed by atoms with van der Waals surface area (Å²) >= 11 is 0. The van der Waals surface area contributed by atoms with E-state index in [4.69, 9.17) is 14.2 Å². The average molecular weight is 500 g/mol. The first kappa shape index (κ1) is 24.1. The minimum Gasteiger partial charge on any atom is -0.488 e. The molecule has 0 aliphatic carbocycles. The molecule has 2 atom stereocenters. The number of anilines is 1. The number of hydrogen-bond donors (Lipinski definition) is 0. The molecule has 2 fully saturated rings. The van der Waals surface area contributed by atoms with Gasteiger partial charge in [-0.3, -0.25) is 4.79 Å². The van der Waals surface area contributed by atoms with Crippen molar-refractivity contribution in [2.45, 2.75) is 25.4 Å². The van der Waals surface area contributed by atoms with Gasteiger partial charge in [-0.2, -0.15) is 5.10 Å². The summed E-state index contributed by atoms with van der Waals surface area (Å²) in [5.74, 6) is -0.660. The van der Waals surface area contributed by atoms with Gasteiger partial charge in [0, 0.05) is 50.4 Å². The van der Waals surface area contributed by atoms with Crippen molar-refractivity contribution in [2.75, 3.05) is 44.3 Å². The van der Waals surface area contributed by atoms with Gasteiger partial charge in [0.25, 0.3) is 0 Å². The van der Waals surface area contributed by atoms with Gasteiger partial charge < -0.3 is 24.0 Å². The fourth-order valence-corrected chi connectivity index (χ4v) is 4.57. The lowest BCUT2D eigenvalue weighted by Gasteiger charge is -2.35. The number of piperazine rings is 1. The van der Waals surface area contributed by atoms with Crippen LogP contribution >= 0.6 is 0 Å². The summed E-state index contributed by atoms with van der Waals surface area (Å²) in [6.45, 7) is 4.80. The minimum atomic E-state index is -1.22. The maximum absolute atomic E-state index is 14.7. The van der Waals surface area contributed by atoms with Gasteiger partial charge in [0.2, 0.25) is 5.91 Å². The van der Waals surface area contributed by atoms with Gasteiger partial charge in [0.1, 0.15) is 42.2 Å². The Labute approximate surface area is 207 Å². The number of amides is 1. The van der Waals surface area contributed by atoms with E-state index in [9.17, 15) is 13.6 Å². The molecule has 9 nitrogen and oxygen atoms in total. The zero-order chi connectivity index (χ0) is 25.1. The van der Waals surface area contributed by atoms with Gasteiger partial charge >= 0.3 is 0 Å². The first-order valence-corrected chi connectivity index (χ1v) is 11.7. The molecule has 1 amide bonds. The predicted octanol–water partition coefficient (Wildman–Crippen LogP) is 2.57. The summed E-state index contributed by atoms with van der Waals surface area (Å²) in [6, 6.07) is 11.1. The average Bonchev–Trinajstić information content (AvgIpc) is 3.54. The Balaban J connectivity index is 1.22. The van der Waals surface area contributed by atoms with Crippen LogP contribution in [-0.2, 0) is 26.4 Å². The molecule has 11 heteroatoms. The Morgan fingerprint density at radius 1 is 1.14 bits per heavy atom. The second-order valence-electron chi connectivity index (χ2n) is 8.87. The van der Waals surface area contributed by atoms with E-state index in [0.717, 1.165) is 24.8 Å². The van der Waals surface area contributed by atoms with Crippen molar-refractivity contribution in [1.29, 1.82) is 0 Å². The standard InChI is InChI=1S/C25H27F2N5O4/c1-18(33)30-8-10-31(11-9-30)20-3-5-21(6-4-20)34-13-24-35-15-25(36-24,14-32-17-28-16-29-32)22-7-2-19(26)12-23(22)27/h2-7,12,16-17,24H,8-11,13-15H2,1H3. The Morgan fingerprint density at radius 2 is 1.92 bits per heavy atom. The molecule has 2 aromatic carbocycles. The monoisotopic (exact) mass is 499 g/mol. The van der Waals surface area contributed by atoms with E-state index < -0.39 is 23.5 Å². The zero-order valence-electron chi connectivity index (χ0n) is 19.8. The van der Waals surface area contributed by atoms with E-state index in [1.165, 1.54) is 29.5 Å². The topological polar surface area (TPSA) is 82.0 Å². The first-order chi connectivity index (χ1) is 17.4. The van der Waals surface area contributed by atoms with Crippen molar-refractivity contribution in [3.8, 4) is 5.75 Å². The molecule has 1 aromatic heterocycles. The Hall–Kier alpha value is -3.57. The second kappa shape index (κ2) is 10.2. The second-order valence-corrected chi connectivity index (χ2v) is 8.87. The van der Waals surface area contributed by atoms with Crippen LogP contribution in [0.3, 0.4) is 0 Å². The Bertz CT molecular complexity index is 1190. The molecular formula is C25H27F2N5O4. The number of aromatic nitrogens is 3. The van der Waals surface area contributed by atoms with Crippen LogP contribution in [0.15, 0.2) is 55.1 Å².